The largest absolute Gasteiger partial charge is 0.480 e. The summed E-state index contributed by atoms with van der Waals surface area (Å²) < 4.78 is 0.456. The van der Waals surface area contributed by atoms with Crippen LogP contribution in [0, 0.1) is 0 Å². The van der Waals surface area contributed by atoms with Crippen molar-refractivity contribution < 1.29 is 24.6 Å². The van der Waals surface area contributed by atoms with Crippen LogP contribution in [-0.4, -0.2) is 49.6 Å². The van der Waals surface area contributed by atoms with Gasteiger partial charge in [0.15, 0.2) is 5.70 Å². The van der Waals surface area contributed by atoms with Gasteiger partial charge in [-0.05, 0) is 6.42 Å². The van der Waals surface area contributed by atoms with E-state index in [1.54, 1.807) is 6.92 Å². The minimum Gasteiger partial charge on any atom is -0.480 e. The summed E-state index contributed by atoms with van der Waals surface area (Å²) in [7, 11) is 0. The van der Waals surface area contributed by atoms with Gasteiger partial charge in [0.05, 0.1) is 16.0 Å². The summed E-state index contributed by atoms with van der Waals surface area (Å²) in [4.78, 5) is 35.0. The summed E-state index contributed by atoms with van der Waals surface area (Å²) in [6, 6.07) is 0. The van der Waals surface area contributed by atoms with E-state index in [0.717, 1.165) is 11.8 Å². The van der Waals surface area contributed by atoms with Gasteiger partial charge in [-0.25, -0.2) is 4.79 Å². The summed E-state index contributed by atoms with van der Waals surface area (Å²) in [5.74, 6) is -2.45. The van der Waals surface area contributed by atoms with Gasteiger partial charge >= 0.3 is 11.9 Å². The quantitative estimate of drug-likeness (QED) is 0.604. The molecule has 1 amide bonds. The number of carbonyl (C=O) groups is 3. The molecule has 0 radical (unpaired) electrons. The Morgan fingerprint density at radius 1 is 1.55 bits per heavy atom. The van der Waals surface area contributed by atoms with E-state index < -0.39 is 17.5 Å². The molecule has 2 aliphatic heterocycles. The third kappa shape index (κ3) is 2.40. The molecule has 0 aromatic carbocycles. The number of β-lactam (4-membered cyclic amide) rings is 1. The summed E-state index contributed by atoms with van der Waals surface area (Å²) in [5.41, 5.74) is 4.32. The van der Waals surface area contributed by atoms with Gasteiger partial charge in [0.25, 0.3) is 0 Å². The number of carbonyl (C=O) groups excluding carboxylic acids is 1. The molecule has 20 heavy (non-hydrogen) atoms. The summed E-state index contributed by atoms with van der Waals surface area (Å²) in [6.45, 7) is 1.67. The Balaban J connectivity index is 2.15. The molecular weight excluding hydrogens is 304 g/mol. The molecule has 110 valence electrons. The number of fused-ring (bicyclic) bond motifs is 1. The Hall–Kier alpha value is -1.19. The van der Waals surface area contributed by atoms with E-state index in [9.17, 15) is 19.5 Å². The topological polar surface area (TPSA) is 121 Å². The van der Waals surface area contributed by atoms with Crippen LogP contribution in [0.5, 0.6) is 0 Å². The first-order chi connectivity index (χ1) is 9.30. The lowest BCUT2D eigenvalue weighted by molar-refractivity contribution is -0.145. The second-order valence-electron chi connectivity index (χ2n) is 4.59. The van der Waals surface area contributed by atoms with E-state index in [-0.39, 0.29) is 29.2 Å². The van der Waals surface area contributed by atoms with Gasteiger partial charge in [-0.3, -0.25) is 14.5 Å². The van der Waals surface area contributed by atoms with Crippen molar-refractivity contribution in [2.24, 2.45) is 5.73 Å². The van der Waals surface area contributed by atoms with Crippen molar-refractivity contribution >= 4 is 41.4 Å². The fourth-order valence-electron chi connectivity index (χ4n) is 1.83. The first kappa shape index (κ1) is 15.2. The van der Waals surface area contributed by atoms with Crippen LogP contribution in [0.1, 0.15) is 19.8 Å². The maximum Gasteiger partial charge on any atom is 0.354 e. The molecule has 2 heterocycles. The highest BCUT2D eigenvalue weighted by atomic mass is 32.2. The van der Waals surface area contributed by atoms with E-state index in [1.807, 2.05) is 0 Å². The molecule has 9 heteroatoms. The predicted octanol–water partition coefficient (Wildman–Crippen LogP) is 0.471. The average Bonchev–Trinajstić information content (AvgIpc) is 2.68. The SMILES string of the molecule is CCC(N)(CSC1=C(C(=O)O)N2C(=O)C[C@@H]2S1)C(=O)O. The molecule has 2 atom stereocenters. The summed E-state index contributed by atoms with van der Waals surface area (Å²) in [5, 5.41) is 18.1. The number of carboxylic acids is 2. The molecule has 0 aliphatic carbocycles. The molecule has 2 rings (SSSR count). The van der Waals surface area contributed by atoms with E-state index in [1.165, 1.54) is 16.7 Å². The Bertz CT molecular complexity index is 521. The van der Waals surface area contributed by atoms with Crippen LogP contribution in [0.15, 0.2) is 9.93 Å². The summed E-state index contributed by atoms with van der Waals surface area (Å²) >= 11 is 2.37. The van der Waals surface area contributed by atoms with Crippen molar-refractivity contribution in [1.82, 2.24) is 4.90 Å². The van der Waals surface area contributed by atoms with Gasteiger partial charge in [-0.15, -0.1) is 11.8 Å². The maximum absolute atomic E-state index is 11.4. The molecule has 0 aromatic heterocycles. The first-order valence-electron chi connectivity index (χ1n) is 5.91. The third-order valence-electron chi connectivity index (χ3n) is 3.30. The number of nitrogens with two attached hydrogens (primary N) is 1. The highest BCUT2D eigenvalue weighted by molar-refractivity contribution is 8.22. The van der Waals surface area contributed by atoms with Crippen LogP contribution in [0.25, 0.3) is 0 Å². The maximum atomic E-state index is 11.4. The number of carboxylic acid groups (broad SMARTS) is 2. The number of aliphatic carboxylic acids is 2. The second kappa shape index (κ2) is 5.30. The number of hydrogen-bond acceptors (Lipinski definition) is 6. The van der Waals surface area contributed by atoms with E-state index in [2.05, 4.69) is 0 Å². The Kier molecular flexibility index (Phi) is 4.03. The monoisotopic (exact) mass is 318 g/mol. The Labute approximate surface area is 123 Å². The minimum absolute atomic E-state index is 0.0508. The second-order valence-corrected chi connectivity index (χ2v) is 7.02. The highest BCUT2D eigenvalue weighted by Crippen LogP contribution is 2.50. The molecule has 1 unspecified atom stereocenters. The molecule has 7 nitrogen and oxygen atoms in total. The molecule has 0 aromatic rings. The lowest BCUT2D eigenvalue weighted by Crippen LogP contribution is -2.49. The number of amides is 1. The third-order valence-corrected chi connectivity index (χ3v) is 6.12. The van der Waals surface area contributed by atoms with Crippen LogP contribution >= 0.6 is 23.5 Å². The standard InChI is InChI=1S/C11H14N2O5S2/c1-2-11(12,10(17)18)4-19-9-7(8(15)16)13-5(14)3-6(13)20-9/h6H,2-4,12H2,1H3,(H,15,16)(H,17,18)/t6-,11?/m0/s1. The van der Waals surface area contributed by atoms with Gasteiger partial charge in [0, 0.05) is 5.75 Å². The van der Waals surface area contributed by atoms with E-state index in [0.29, 0.717) is 10.7 Å². The first-order valence-corrected chi connectivity index (χ1v) is 7.78. The number of rotatable bonds is 6. The van der Waals surface area contributed by atoms with Crippen molar-refractivity contribution in [3.8, 4) is 0 Å². The van der Waals surface area contributed by atoms with Crippen molar-refractivity contribution in [3.05, 3.63) is 9.93 Å². The zero-order valence-corrected chi connectivity index (χ0v) is 12.3. The fourth-order valence-corrected chi connectivity index (χ4v) is 4.75. The Morgan fingerprint density at radius 2 is 2.20 bits per heavy atom. The Morgan fingerprint density at radius 3 is 2.65 bits per heavy atom. The zero-order chi connectivity index (χ0) is 15.1. The molecule has 4 N–H and O–H groups in total. The van der Waals surface area contributed by atoms with Gasteiger partial charge in [-0.1, -0.05) is 18.7 Å². The molecule has 1 saturated heterocycles. The molecule has 1 fully saturated rings. The minimum atomic E-state index is -1.40. The van der Waals surface area contributed by atoms with Crippen LogP contribution < -0.4 is 5.73 Å². The summed E-state index contributed by atoms with van der Waals surface area (Å²) in [6.07, 6.45) is 0.549. The number of thioether (sulfide) groups is 2. The smallest absolute Gasteiger partial charge is 0.354 e. The normalized spacial score (nSPS) is 24.2. The van der Waals surface area contributed by atoms with Crippen molar-refractivity contribution in [1.29, 1.82) is 0 Å². The van der Waals surface area contributed by atoms with Crippen LogP contribution in [-0.2, 0) is 14.4 Å². The lowest BCUT2D eigenvalue weighted by atomic mass is 10.0. The predicted molar refractivity (Wildman–Crippen MR) is 74.8 cm³/mol. The van der Waals surface area contributed by atoms with Crippen molar-refractivity contribution in [2.75, 3.05) is 5.75 Å². The van der Waals surface area contributed by atoms with Gasteiger partial charge in [0.2, 0.25) is 5.91 Å². The van der Waals surface area contributed by atoms with E-state index >= 15 is 0 Å². The van der Waals surface area contributed by atoms with Gasteiger partial charge in [-0.2, -0.15) is 0 Å². The van der Waals surface area contributed by atoms with E-state index in [4.69, 9.17) is 10.8 Å². The van der Waals surface area contributed by atoms with Crippen LogP contribution in [0.4, 0.5) is 0 Å². The average molecular weight is 318 g/mol. The van der Waals surface area contributed by atoms with Gasteiger partial charge < -0.3 is 15.9 Å². The lowest BCUT2D eigenvalue weighted by Gasteiger charge is -2.33. The van der Waals surface area contributed by atoms with Crippen molar-refractivity contribution in [3.63, 3.8) is 0 Å². The van der Waals surface area contributed by atoms with Gasteiger partial charge in [0.1, 0.15) is 5.54 Å². The fraction of sp³-hybridized carbons (Fsp3) is 0.545. The van der Waals surface area contributed by atoms with Crippen molar-refractivity contribution in [2.45, 2.75) is 30.7 Å². The van der Waals surface area contributed by atoms with Crippen LogP contribution in [0.2, 0.25) is 0 Å². The number of nitrogens with zero attached hydrogens (tertiary/aromatic N) is 1. The molecular formula is C11H14N2O5S2. The molecule has 2 aliphatic rings. The highest BCUT2D eigenvalue weighted by Gasteiger charge is 2.49. The molecule has 0 bridgehead atoms. The van der Waals surface area contributed by atoms with Crippen LogP contribution in [0.3, 0.4) is 0 Å². The number of hydrogen-bond donors (Lipinski definition) is 3. The zero-order valence-electron chi connectivity index (χ0n) is 10.7. The molecule has 0 spiro atoms. The molecule has 0 saturated carbocycles.